The Hall–Kier alpha value is -3.60. The van der Waals surface area contributed by atoms with Crippen LogP contribution in [0.4, 0.5) is 0 Å². The minimum Gasteiger partial charge on any atom is -0.492 e. The quantitative estimate of drug-likeness (QED) is 0.435. The van der Waals surface area contributed by atoms with Crippen molar-refractivity contribution in [1.82, 2.24) is 14.9 Å². The Labute approximate surface area is 182 Å². The Bertz CT molecular complexity index is 1130. The van der Waals surface area contributed by atoms with E-state index in [1.807, 2.05) is 60.7 Å². The summed E-state index contributed by atoms with van der Waals surface area (Å²) in [5.41, 5.74) is 4.00. The number of carbonyl (C=O) groups is 1. The van der Waals surface area contributed by atoms with Gasteiger partial charge in [0.1, 0.15) is 18.2 Å². The van der Waals surface area contributed by atoms with Crippen LogP contribution in [0.2, 0.25) is 0 Å². The van der Waals surface area contributed by atoms with E-state index in [9.17, 15) is 4.79 Å². The van der Waals surface area contributed by atoms with Crippen LogP contribution in [0.5, 0.6) is 5.75 Å². The minimum absolute atomic E-state index is 0.0675. The van der Waals surface area contributed by atoms with Gasteiger partial charge in [0.05, 0.1) is 17.6 Å². The highest BCUT2D eigenvalue weighted by Crippen LogP contribution is 2.17. The fourth-order valence-electron chi connectivity index (χ4n) is 3.62. The number of carbonyl (C=O) groups excluding carboxylic acids is 1. The molecule has 31 heavy (non-hydrogen) atoms. The molecule has 0 saturated heterocycles. The number of nitrogens with one attached hydrogen (secondary N) is 1. The molecule has 0 aliphatic rings. The van der Waals surface area contributed by atoms with Crippen molar-refractivity contribution in [2.45, 2.75) is 26.3 Å². The molecule has 1 amide bonds. The second kappa shape index (κ2) is 9.94. The van der Waals surface area contributed by atoms with Crippen LogP contribution in [0.25, 0.3) is 11.0 Å². The molecule has 1 aromatic heterocycles. The Morgan fingerprint density at radius 3 is 2.48 bits per heavy atom. The van der Waals surface area contributed by atoms with Crippen LogP contribution in [-0.4, -0.2) is 28.6 Å². The Morgan fingerprint density at radius 1 is 0.968 bits per heavy atom. The SMILES string of the molecule is CCc1ccc(OCCn2c(CCNC(=O)c3ccccc3)nc3ccccc32)cc1. The van der Waals surface area contributed by atoms with E-state index in [4.69, 9.17) is 9.72 Å². The predicted molar refractivity (Wildman–Crippen MR) is 124 cm³/mol. The van der Waals surface area contributed by atoms with Crippen LogP contribution in [0.3, 0.4) is 0 Å². The van der Waals surface area contributed by atoms with Crippen LogP contribution in [0, 0.1) is 0 Å². The first-order chi connectivity index (χ1) is 15.2. The van der Waals surface area contributed by atoms with Gasteiger partial charge >= 0.3 is 0 Å². The summed E-state index contributed by atoms with van der Waals surface area (Å²) in [4.78, 5) is 17.1. The average Bonchev–Trinajstić information content (AvgIpc) is 3.17. The van der Waals surface area contributed by atoms with Gasteiger partial charge < -0.3 is 14.6 Å². The van der Waals surface area contributed by atoms with E-state index in [0.717, 1.165) is 29.0 Å². The fourth-order valence-corrected chi connectivity index (χ4v) is 3.62. The lowest BCUT2D eigenvalue weighted by Crippen LogP contribution is -2.26. The number of fused-ring (bicyclic) bond motifs is 1. The molecular weight excluding hydrogens is 386 g/mol. The number of ether oxygens (including phenoxy) is 1. The first kappa shape index (κ1) is 20.7. The van der Waals surface area contributed by atoms with E-state index in [2.05, 4.69) is 35.0 Å². The third-order valence-corrected chi connectivity index (χ3v) is 5.32. The number of hydrogen-bond donors (Lipinski definition) is 1. The van der Waals surface area contributed by atoms with Gasteiger partial charge in [-0.3, -0.25) is 4.79 Å². The zero-order chi connectivity index (χ0) is 21.5. The van der Waals surface area contributed by atoms with Gasteiger partial charge in [0.25, 0.3) is 5.91 Å². The van der Waals surface area contributed by atoms with Crippen LogP contribution in [0.15, 0.2) is 78.9 Å². The fraction of sp³-hybridized carbons (Fsp3) is 0.231. The molecule has 0 bridgehead atoms. The maximum atomic E-state index is 12.3. The van der Waals surface area contributed by atoms with Gasteiger partial charge in [-0.2, -0.15) is 0 Å². The zero-order valence-corrected chi connectivity index (χ0v) is 17.8. The summed E-state index contributed by atoms with van der Waals surface area (Å²) in [6.45, 7) is 3.91. The smallest absolute Gasteiger partial charge is 0.251 e. The summed E-state index contributed by atoms with van der Waals surface area (Å²) in [7, 11) is 0. The van der Waals surface area contributed by atoms with Crippen molar-refractivity contribution in [1.29, 1.82) is 0 Å². The first-order valence-corrected chi connectivity index (χ1v) is 10.7. The number of rotatable bonds is 9. The van der Waals surface area contributed by atoms with Crippen molar-refractivity contribution in [3.05, 3.63) is 95.8 Å². The van der Waals surface area contributed by atoms with E-state index in [1.54, 1.807) is 0 Å². The normalized spacial score (nSPS) is 10.9. The van der Waals surface area contributed by atoms with Crippen LogP contribution < -0.4 is 10.1 Å². The molecule has 1 N–H and O–H groups in total. The van der Waals surface area contributed by atoms with E-state index >= 15 is 0 Å². The van der Waals surface area contributed by atoms with Gasteiger partial charge in [-0.25, -0.2) is 4.98 Å². The van der Waals surface area contributed by atoms with Gasteiger partial charge in [-0.1, -0.05) is 49.4 Å². The number of aryl methyl sites for hydroxylation is 1. The zero-order valence-electron chi connectivity index (χ0n) is 17.8. The molecule has 0 spiro atoms. The first-order valence-electron chi connectivity index (χ1n) is 10.7. The second-order valence-electron chi connectivity index (χ2n) is 7.39. The standard InChI is InChI=1S/C26H27N3O2/c1-2-20-12-14-22(15-13-20)31-19-18-29-24-11-7-6-10-23(24)28-25(29)16-17-27-26(30)21-8-4-3-5-9-21/h3-15H,2,16-19H2,1H3,(H,27,30). The van der Waals surface area contributed by atoms with Gasteiger partial charge in [-0.05, 0) is 48.4 Å². The lowest BCUT2D eigenvalue weighted by Gasteiger charge is -2.12. The highest BCUT2D eigenvalue weighted by atomic mass is 16.5. The monoisotopic (exact) mass is 413 g/mol. The highest BCUT2D eigenvalue weighted by Gasteiger charge is 2.11. The third kappa shape index (κ3) is 5.12. The van der Waals surface area contributed by atoms with E-state index in [1.165, 1.54) is 5.56 Å². The number of benzene rings is 3. The molecule has 5 nitrogen and oxygen atoms in total. The molecule has 0 unspecified atom stereocenters. The largest absolute Gasteiger partial charge is 0.492 e. The number of amides is 1. The van der Waals surface area contributed by atoms with E-state index in [0.29, 0.717) is 31.7 Å². The molecule has 0 saturated carbocycles. The highest BCUT2D eigenvalue weighted by molar-refractivity contribution is 5.94. The van der Waals surface area contributed by atoms with Gasteiger partial charge in [-0.15, -0.1) is 0 Å². The van der Waals surface area contributed by atoms with Crippen molar-refractivity contribution in [3.63, 3.8) is 0 Å². The van der Waals surface area contributed by atoms with Crippen LogP contribution in [-0.2, 0) is 19.4 Å². The van der Waals surface area contributed by atoms with Gasteiger partial charge in [0.15, 0.2) is 0 Å². The van der Waals surface area contributed by atoms with E-state index in [-0.39, 0.29) is 5.91 Å². The van der Waals surface area contributed by atoms with Crippen LogP contribution in [0.1, 0.15) is 28.7 Å². The molecule has 3 aromatic carbocycles. The summed E-state index contributed by atoms with van der Waals surface area (Å²) in [6.07, 6.45) is 1.67. The molecule has 0 aliphatic carbocycles. The molecule has 4 rings (SSSR count). The number of aromatic nitrogens is 2. The Balaban J connectivity index is 1.41. The molecule has 0 aliphatic heterocycles. The van der Waals surface area contributed by atoms with Crippen molar-refractivity contribution in [2.24, 2.45) is 0 Å². The topological polar surface area (TPSA) is 56.1 Å². The van der Waals surface area contributed by atoms with Crippen molar-refractivity contribution in [2.75, 3.05) is 13.2 Å². The molecular formula is C26H27N3O2. The molecule has 0 atom stereocenters. The summed E-state index contributed by atoms with van der Waals surface area (Å²) < 4.78 is 8.15. The molecule has 1 heterocycles. The van der Waals surface area contributed by atoms with Crippen molar-refractivity contribution >= 4 is 16.9 Å². The van der Waals surface area contributed by atoms with Crippen molar-refractivity contribution < 1.29 is 9.53 Å². The summed E-state index contributed by atoms with van der Waals surface area (Å²) in [6, 6.07) is 25.6. The van der Waals surface area contributed by atoms with E-state index < -0.39 is 0 Å². The molecule has 4 aromatic rings. The minimum atomic E-state index is -0.0675. The maximum absolute atomic E-state index is 12.3. The van der Waals surface area contributed by atoms with Gasteiger partial charge in [0, 0.05) is 18.5 Å². The number of hydrogen-bond acceptors (Lipinski definition) is 3. The predicted octanol–water partition coefficient (Wildman–Crippen LogP) is 4.65. The summed E-state index contributed by atoms with van der Waals surface area (Å²) >= 11 is 0. The molecule has 0 radical (unpaired) electrons. The Kier molecular flexibility index (Phi) is 6.62. The Morgan fingerprint density at radius 2 is 1.71 bits per heavy atom. The lowest BCUT2D eigenvalue weighted by molar-refractivity contribution is 0.0954. The number of nitrogens with zero attached hydrogens (tertiary/aromatic N) is 2. The third-order valence-electron chi connectivity index (χ3n) is 5.32. The lowest BCUT2D eigenvalue weighted by atomic mass is 10.2. The van der Waals surface area contributed by atoms with Crippen molar-refractivity contribution in [3.8, 4) is 5.75 Å². The molecule has 158 valence electrons. The van der Waals surface area contributed by atoms with Crippen LogP contribution >= 0.6 is 0 Å². The summed E-state index contributed by atoms with van der Waals surface area (Å²) in [5, 5.41) is 2.99. The number of imidazole rings is 1. The van der Waals surface area contributed by atoms with Gasteiger partial charge in [0.2, 0.25) is 0 Å². The second-order valence-corrected chi connectivity index (χ2v) is 7.39. The average molecular weight is 414 g/mol. The number of para-hydroxylation sites is 2. The molecule has 0 fully saturated rings. The maximum Gasteiger partial charge on any atom is 0.251 e. The summed E-state index contributed by atoms with van der Waals surface area (Å²) in [5.74, 6) is 1.75. The molecule has 5 heteroatoms.